The van der Waals surface area contributed by atoms with E-state index in [-0.39, 0.29) is 16.9 Å². The summed E-state index contributed by atoms with van der Waals surface area (Å²) < 4.78 is 0. The highest BCUT2D eigenvalue weighted by molar-refractivity contribution is 5.95. The molecule has 3 rings (SSSR count). The Balaban J connectivity index is 1.67. The Hall–Kier alpha value is -2.62. The van der Waals surface area contributed by atoms with Crippen molar-refractivity contribution < 1.29 is 14.7 Å². The fourth-order valence-electron chi connectivity index (χ4n) is 2.98. The third-order valence-corrected chi connectivity index (χ3v) is 4.55. The van der Waals surface area contributed by atoms with Crippen LogP contribution in [0, 0.1) is 6.92 Å². The molecule has 2 aromatic carbocycles. The van der Waals surface area contributed by atoms with Gasteiger partial charge >= 0.3 is 5.97 Å². The lowest BCUT2D eigenvalue weighted by Gasteiger charge is -2.19. The molecule has 4 heteroatoms. The molecule has 0 unspecified atom stereocenters. The van der Waals surface area contributed by atoms with E-state index in [1.807, 2.05) is 12.1 Å². The van der Waals surface area contributed by atoms with Gasteiger partial charge in [0.05, 0.1) is 5.56 Å². The quantitative estimate of drug-likeness (QED) is 0.891. The van der Waals surface area contributed by atoms with Crippen molar-refractivity contribution in [2.45, 2.75) is 25.2 Å². The number of carboxylic acids is 1. The predicted molar refractivity (Wildman–Crippen MR) is 87.8 cm³/mol. The first kappa shape index (κ1) is 15.3. The van der Waals surface area contributed by atoms with E-state index in [4.69, 9.17) is 5.11 Å². The Kier molecular flexibility index (Phi) is 3.90. The van der Waals surface area contributed by atoms with Crippen LogP contribution in [0.25, 0.3) is 0 Å². The standard InChI is InChI=1S/C19H19NO3/c1-13-4-2-3-5-16(13)19(10-11-19)12-20-17(21)14-6-8-15(9-7-14)18(22)23/h2-9H,10-12H2,1H3,(H,20,21)(H,22,23). The van der Waals surface area contributed by atoms with Gasteiger partial charge in [0.1, 0.15) is 0 Å². The minimum absolute atomic E-state index is 0.0575. The van der Waals surface area contributed by atoms with Crippen molar-refractivity contribution in [2.24, 2.45) is 0 Å². The van der Waals surface area contributed by atoms with Crippen LogP contribution in [0.2, 0.25) is 0 Å². The van der Waals surface area contributed by atoms with Crippen LogP contribution in [0.4, 0.5) is 0 Å². The lowest BCUT2D eigenvalue weighted by atomic mass is 9.92. The third-order valence-electron chi connectivity index (χ3n) is 4.55. The van der Waals surface area contributed by atoms with Crippen molar-refractivity contribution in [1.29, 1.82) is 0 Å². The first-order valence-corrected chi connectivity index (χ1v) is 7.69. The van der Waals surface area contributed by atoms with E-state index in [0.29, 0.717) is 12.1 Å². The molecule has 1 saturated carbocycles. The van der Waals surface area contributed by atoms with Gasteiger partial charge in [-0.05, 0) is 55.2 Å². The van der Waals surface area contributed by atoms with Crippen LogP contribution in [-0.2, 0) is 5.41 Å². The van der Waals surface area contributed by atoms with E-state index in [1.54, 1.807) is 12.1 Å². The predicted octanol–water partition coefficient (Wildman–Crippen LogP) is 3.15. The van der Waals surface area contributed by atoms with Gasteiger partial charge in [-0.25, -0.2) is 4.79 Å². The second kappa shape index (κ2) is 5.88. The maximum Gasteiger partial charge on any atom is 0.335 e. The van der Waals surface area contributed by atoms with Crippen LogP contribution < -0.4 is 5.32 Å². The highest BCUT2D eigenvalue weighted by Crippen LogP contribution is 2.48. The Morgan fingerprint density at radius 2 is 1.65 bits per heavy atom. The van der Waals surface area contributed by atoms with Crippen molar-refractivity contribution in [2.75, 3.05) is 6.54 Å². The summed E-state index contributed by atoms with van der Waals surface area (Å²) in [7, 11) is 0. The number of benzene rings is 2. The molecule has 2 N–H and O–H groups in total. The van der Waals surface area contributed by atoms with Crippen molar-refractivity contribution in [3.63, 3.8) is 0 Å². The van der Waals surface area contributed by atoms with Crippen LogP contribution in [0.15, 0.2) is 48.5 Å². The zero-order chi connectivity index (χ0) is 16.4. The molecule has 4 nitrogen and oxygen atoms in total. The lowest BCUT2D eigenvalue weighted by Crippen LogP contribution is -2.32. The molecular weight excluding hydrogens is 290 g/mol. The van der Waals surface area contributed by atoms with E-state index in [1.165, 1.54) is 23.3 Å². The summed E-state index contributed by atoms with van der Waals surface area (Å²) in [6, 6.07) is 14.3. The first-order valence-electron chi connectivity index (χ1n) is 7.69. The molecule has 0 spiro atoms. The molecular formula is C19H19NO3. The fourth-order valence-corrected chi connectivity index (χ4v) is 2.98. The summed E-state index contributed by atoms with van der Waals surface area (Å²) in [6.07, 6.45) is 2.16. The van der Waals surface area contributed by atoms with E-state index in [0.717, 1.165) is 12.8 Å². The third kappa shape index (κ3) is 3.11. The second-order valence-corrected chi connectivity index (χ2v) is 6.16. The molecule has 0 saturated heterocycles. The molecule has 23 heavy (non-hydrogen) atoms. The van der Waals surface area contributed by atoms with Crippen molar-refractivity contribution >= 4 is 11.9 Å². The average Bonchev–Trinajstić information content (AvgIpc) is 3.34. The largest absolute Gasteiger partial charge is 0.478 e. The molecule has 0 heterocycles. The van der Waals surface area contributed by atoms with Gasteiger partial charge in [0.2, 0.25) is 0 Å². The van der Waals surface area contributed by atoms with Crippen molar-refractivity contribution in [3.05, 3.63) is 70.8 Å². The topological polar surface area (TPSA) is 66.4 Å². The number of amides is 1. The Labute approximate surface area is 135 Å². The molecule has 0 radical (unpaired) electrons. The second-order valence-electron chi connectivity index (χ2n) is 6.16. The molecule has 2 aromatic rings. The average molecular weight is 309 g/mol. The molecule has 118 valence electrons. The Bertz CT molecular complexity index is 745. The normalized spacial score (nSPS) is 15.0. The molecule has 0 atom stereocenters. The van der Waals surface area contributed by atoms with Gasteiger partial charge in [-0.15, -0.1) is 0 Å². The molecule has 1 fully saturated rings. The number of nitrogens with one attached hydrogen (secondary N) is 1. The van der Waals surface area contributed by atoms with Gasteiger partial charge in [0.15, 0.2) is 0 Å². The molecule has 0 aromatic heterocycles. The monoisotopic (exact) mass is 309 g/mol. The molecule has 1 aliphatic rings. The minimum atomic E-state index is -0.992. The number of aromatic carboxylic acids is 1. The number of aryl methyl sites for hydroxylation is 1. The van der Waals surface area contributed by atoms with Crippen LogP contribution in [0.3, 0.4) is 0 Å². The van der Waals surface area contributed by atoms with E-state index < -0.39 is 5.97 Å². The zero-order valence-corrected chi connectivity index (χ0v) is 13.0. The smallest absolute Gasteiger partial charge is 0.335 e. The molecule has 1 amide bonds. The highest BCUT2D eigenvalue weighted by Gasteiger charge is 2.45. The SMILES string of the molecule is Cc1ccccc1C1(CNC(=O)c2ccc(C(=O)O)cc2)CC1. The number of hydrogen-bond acceptors (Lipinski definition) is 2. The lowest BCUT2D eigenvalue weighted by molar-refractivity contribution is 0.0696. The first-order chi connectivity index (χ1) is 11.0. The van der Waals surface area contributed by atoms with E-state index in [9.17, 15) is 9.59 Å². The van der Waals surface area contributed by atoms with Crippen molar-refractivity contribution in [3.8, 4) is 0 Å². The van der Waals surface area contributed by atoms with Gasteiger partial charge in [-0.3, -0.25) is 4.79 Å². The Morgan fingerprint density at radius 3 is 2.22 bits per heavy atom. The molecule has 1 aliphatic carbocycles. The van der Waals surface area contributed by atoms with Crippen LogP contribution >= 0.6 is 0 Å². The fraction of sp³-hybridized carbons (Fsp3) is 0.263. The van der Waals surface area contributed by atoms with Gasteiger partial charge in [-0.1, -0.05) is 24.3 Å². The summed E-state index contributed by atoms with van der Waals surface area (Å²) in [5, 5.41) is 11.9. The summed E-state index contributed by atoms with van der Waals surface area (Å²) in [6.45, 7) is 2.71. The number of rotatable bonds is 5. The maximum atomic E-state index is 12.3. The maximum absolute atomic E-state index is 12.3. The number of carboxylic acid groups (broad SMARTS) is 1. The number of carbonyl (C=O) groups is 2. The van der Waals surface area contributed by atoms with Gasteiger partial charge < -0.3 is 10.4 Å². The zero-order valence-electron chi connectivity index (χ0n) is 13.0. The van der Waals surface area contributed by atoms with E-state index >= 15 is 0 Å². The van der Waals surface area contributed by atoms with Gasteiger partial charge in [0.25, 0.3) is 5.91 Å². The van der Waals surface area contributed by atoms with Crippen LogP contribution in [0.1, 0.15) is 44.7 Å². The van der Waals surface area contributed by atoms with E-state index in [2.05, 4.69) is 24.4 Å². The summed E-state index contributed by atoms with van der Waals surface area (Å²) in [5.41, 5.74) is 3.28. The molecule has 0 aliphatic heterocycles. The van der Waals surface area contributed by atoms with Gasteiger partial charge in [-0.2, -0.15) is 0 Å². The van der Waals surface area contributed by atoms with Crippen molar-refractivity contribution in [1.82, 2.24) is 5.32 Å². The summed E-state index contributed by atoms with van der Waals surface area (Å²) in [4.78, 5) is 23.1. The van der Waals surface area contributed by atoms with Crippen LogP contribution in [0.5, 0.6) is 0 Å². The van der Waals surface area contributed by atoms with Crippen LogP contribution in [-0.4, -0.2) is 23.5 Å². The Morgan fingerprint density at radius 1 is 1.04 bits per heavy atom. The van der Waals surface area contributed by atoms with Gasteiger partial charge in [0, 0.05) is 17.5 Å². The summed E-state index contributed by atoms with van der Waals surface area (Å²) >= 11 is 0. The number of carbonyl (C=O) groups excluding carboxylic acids is 1. The molecule has 0 bridgehead atoms. The minimum Gasteiger partial charge on any atom is -0.478 e. The highest BCUT2D eigenvalue weighted by atomic mass is 16.4. The summed E-state index contributed by atoms with van der Waals surface area (Å²) in [5.74, 6) is -1.16. The number of hydrogen-bond donors (Lipinski definition) is 2.